The molecule has 0 bridgehead atoms. The minimum atomic E-state index is -1.90. The Kier molecular flexibility index (Phi) is 5.36. The van der Waals surface area contributed by atoms with Crippen LogP contribution in [0.1, 0.15) is 54.2 Å². The molecule has 0 saturated heterocycles. The second-order valence-electron chi connectivity index (χ2n) is 9.19. The molecule has 1 unspecified atom stereocenters. The van der Waals surface area contributed by atoms with Gasteiger partial charge < -0.3 is 10.2 Å². The summed E-state index contributed by atoms with van der Waals surface area (Å²) < 4.78 is 3.80. The van der Waals surface area contributed by atoms with Gasteiger partial charge in [0.15, 0.2) is 0 Å². The maximum atomic E-state index is 14.6. The predicted molar refractivity (Wildman–Crippen MR) is 120 cm³/mol. The van der Waals surface area contributed by atoms with Crippen molar-refractivity contribution in [2.45, 2.75) is 65.2 Å². The van der Waals surface area contributed by atoms with E-state index in [-0.39, 0.29) is 0 Å². The molecule has 0 saturated carbocycles. The summed E-state index contributed by atoms with van der Waals surface area (Å²) in [6.45, 7) is 10.1. The zero-order valence-corrected chi connectivity index (χ0v) is 19.0. The van der Waals surface area contributed by atoms with E-state index >= 15 is 0 Å². The third-order valence-corrected chi connectivity index (χ3v) is 6.16. The summed E-state index contributed by atoms with van der Waals surface area (Å²) in [7, 11) is 0. The molecule has 31 heavy (non-hydrogen) atoms. The van der Waals surface area contributed by atoms with E-state index < -0.39 is 11.2 Å². The lowest BCUT2D eigenvalue weighted by atomic mass is 9.83. The molecule has 1 aliphatic heterocycles. The summed E-state index contributed by atoms with van der Waals surface area (Å²) in [6, 6.07) is 13.9. The van der Waals surface area contributed by atoms with Gasteiger partial charge in [0.05, 0.1) is 12.1 Å². The lowest BCUT2D eigenvalue weighted by Crippen LogP contribution is -2.62. The highest BCUT2D eigenvalue weighted by molar-refractivity contribution is 5.53. The van der Waals surface area contributed by atoms with Gasteiger partial charge in [0.1, 0.15) is 5.69 Å². The zero-order chi connectivity index (χ0) is 22.4. The van der Waals surface area contributed by atoms with Crippen molar-refractivity contribution < 1.29 is 14.8 Å². The number of rotatable bonds is 5. The lowest BCUT2D eigenvalue weighted by molar-refractivity contribution is -0.720. The van der Waals surface area contributed by atoms with Crippen LogP contribution in [0.4, 0.5) is 0 Å². The standard InChI is InChI=1S/C26H31N3O2/c1-18-16-19(2)23(20(3)17-18)29-24(28-15-9-12-22(28)27-29)26(31,25(4,5)30)14-13-21-10-7-6-8-11-21/h6-8,10-11,13-14,16-17,30H,9,12,15H2,1-5H3/b14-13+. The molecule has 1 N–H and O–H groups in total. The average Bonchev–Trinajstić information content (AvgIpc) is 3.26. The number of nitrogens with zero attached hydrogens (tertiary/aromatic N) is 3. The van der Waals surface area contributed by atoms with Gasteiger partial charge in [-0.05, 0) is 57.7 Å². The quantitative estimate of drug-likeness (QED) is 0.649. The van der Waals surface area contributed by atoms with Gasteiger partial charge in [0.2, 0.25) is 5.82 Å². The second kappa shape index (κ2) is 7.74. The molecule has 2 heterocycles. The van der Waals surface area contributed by atoms with E-state index in [0.29, 0.717) is 5.82 Å². The molecule has 1 atom stereocenters. The van der Waals surface area contributed by atoms with Crippen LogP contribution in [0.25, 0.3) is 11.8 Å². The van der Waals surface area contributed by atoms with Gasteiger partial charge in [-0.2, -0.15) is 0 Å². The van der Waals surface area contributed by atoms with E-state index in [1.807, 2.05) is 48.7 Å². The molecule has 3 aromatic rings. The molecule has 1 aliphatic rings. The lowest BCUT2D eigenvalue weighted by Gasteiger charge is -2.45. The van der Waals surface area contributed by atoms with Crippen molar-refractivity contribution >= 4 is 6.08 Å². The van der Waals surface area contributed by atoms with Crippen molar-refractivity contribution in [3.63, 3.8) is 0 Å². The summed E-state index contributed by atoms with van der Waals surface area (Å²) >= 11 is 0. The number of benzene rings is 2. The van der Waals surface area contributed by atoms with Crippen molar-refractivity contribution in [3.8, 4) is 5.69 Å². The van der Waals surface area contributed by atoms with Crippen molar-refractivity contribution in [2.75, 3.05) is 0 Å². The summed E-state index contributed by atoms with van der Waals surface area (Å²) in [6.07, 6.45) is 5.18. The highest BCUT2D eigenvalue weighted by atomic mass is 16.4. The molecule has 0 aliphatic carbocycles. The zero-order valence-electron chi connectivity index (χ0n) is 19.0. The van der Waals surface area contributed by atoms with E-state index in [9.17, 15) is 10.2 Å². The molecule has 162 valence electrons. The molecule has 0 amide bonds. The minimum Gasteiger partial charge on any atom is -0.836 e. The highest BCUT2D eigenvalue weighted by Gasteiger charge is 2.45. The fourth-order valence-corrected chi connectivity index (χ4v) is 4.62. The maximum Gasteiger partial charge on any atom is 0.278 e. The first-order chi connectivity index (χ1) is 14.6. The molecule has 2 aromatic carbocycles. The number of aromatic nitrogens is 3. The normalized spacial score (nSPS) is 16.0. The average molecular weight is 418 g/mol. The van der Waals surface area contributed by atoms with Crippen molar-refractivity contribution in [1.82, 2.24) is 9.78 Å². The van der Waals surface area contributed by atoms with Gasteiger partial charge in [0, 0.05) is 17.1 Å². The summed E-state index contributed by atoms with van der Waals surface area (Å²) in [5, 5.41) is 30.6. The third-order valence-electron chi connectivity index (χ3n) is 6.16. The Labute approximate surface area is 184 Å². The fraction of sp³-hybridized carbons (Fsp3) is 0.385. The van der Waals surface area contributed by atoms with Crippen LogP contribution < -0.4 is 9.67 Å². The first-order valence-electron chi connectivity index (χ1n) is 10.9. The minimum absolute atomic E-state index is 0.481. The predicted octanol–water partition coefficient (Wildman–Crippen LogP) is 3.07. The first kappa shape index (κ1) is 21.5. The number of hydrogen-bond donors (Lipinski definition) is 1. The smallest absolute Gasteiger partial charge is 0.278 e. The van der Waals surface area contributed by atoms with Crippen LogP contribution in [-0.4, -0.2) is 20.5 Å². The van der Waals surface area contributed by atoms with Gasteiger partial charge in [-0.25, -0.2) is 4.57 Å². The molecule has 0 spiro atoms. The molecule has 4 rings (SSSR count). The van der Waals surface area contributed by atoms with Gasteiger partial charge in [-0.3, -0.25) is 0 Å². The van der Waals surface area contributed by atoms with Crippen LogP contribution in [0.3, 0.4) is 0 Å². The van der Waals surface area contributed by atoms with E-state index in [0.717, 1.165) is 47.6 Å². The van der Waals surface area contributed by atoms with Crippen LogP contribution in [0.15, 0.2) is 48.5 Å². The Bertz CT molecular complexity index is 1120. The molecular weight excluding hydrogens is 386 g/mol. The largest absolute Gasteiger partial charge is 0.836 e. The SMILES string of the molecule is Cc1cc(C)c(-n2nc3[n+](c2C([O-])(/C=C/c2ccccc2)C(C)(C)O)CCC3)c(C)c1. The second-order valence-corrected chi connectivity index (χ2v) is 9.19. The summed E-state index contributed by atoms with van der Waals surface area (Å²) in [5.41, 5.74) is 1.68. The molecule has 5 nitrogen and oxygen atoms in total. The van der Waals surface area contributed by atoms with Crippen LogP contribution in [0.2, 0.25) is 0 Å². The Morgan fingerprint density at radius 1 is 1.10 bits per heavy atom. The van der Waals surface area contributed by atoms with E-state index in [4.69, 9.17) is 5.10 Å². The molecule has 5 heteroatoms. The molecule has 0 fully saturated rings. The van der Waals surface area contributed by atoms with Crippen molar-refractivity contribution in [3.05, 3.63) is 82.4 Å². The van der Waals surface area contributed by atoms with Crippen molar-refractivity contribution in [2.24, 2.45) is 0 Å². The van der Waals surface area contributed by atoms with E-state index in [1.165, 1.54) is 5.56 Å². The van der Waals surface area contributed by atoms with Crippen LogP contribution in [0, 0.1) is 20.8 Å². The van der Waals surface area contributed by atoms with Gasteiger partial charge in [-0.1, -0.05) is 64.9 Å². The van der Waals surface area contributed by atoms with Gasteiger partial charge >= 0.3 is 0 Å². The number of aryl methyl sites for hydroxylation is 4. The van der Waals surface area contributed by atoms with Gasteiger partial charge in [-0.15, -0.1) is 0 Å². The Morgan fingerprint density at radius 2 is 1.74 bits per heavy atom. The first-order valence-corrected chi connectivity index (χ1v) is 10.9. The number of hydrogen-bond acceptors (Lipinski definition) is 3. The van der Waals surface area contributed by atoms with Crippen molar-refractivity contribution in [1.29, 1.82) is 0 Å². The maximum absolute atomic E-state index is 14.6. The summed E-state index contributed by atoms with van der Waals surface area (Å²) in [4.78, 5) is 0. The Balaban J connectivity index is 1.98. The van der Waals surface area contributed by atoms with Crippen LogP contribution in [0.5, 0.6) is 0 Å². The Morgan fingerprint density at radius 3 is 2.35 bits per heavy atom. The highest BCUT2D eigenvalue weighted by Crippen LogP contribution is 2.34. The monoisotopic (exact) mass is 417 g/mol. The van der Waals surface area contributed by atoms with Gasteiger partial charge in [0.25, 0.3) is 5.82 Å². The van der Waals surface area contributed by atoms with Crippen LogP contribution in [-0.2, 0) is 18.6 Å². The number of aliphatic hydroxyl groups is 1. The third kappa shape index (κ3) is 3.73. The molecule has 0 radical (unpaired) electrons. The molecular formula is C26H31N3O2. The van der Waals surface area contributed by atoms with E-state index in [2.05, 4.69) is 19.1 Å². The molecule has 1 aromatic heterocycles. The fourth-order valence-electron chi connectivity index (χ4n) is 4.62. The van der Waals surface area contributed by atoms with E-state index in [1.54, 1.807) is 30.7 Å². The number of fused-ring (bicyclic) bond motifs is 1. The Hall–Kier alpha value is -2.76. The van der Waals surface area contributed by atoms with Crippen LogP contribution >= 0.6 is 0 Å². The summed E-state index contributed by atoms with van der Waals surface area (Å²) in [5.74, 6) is 1.38. The topological polar surface area (TPSA) is 65.0 Å².